The molecule has 0 aliphatic carbocycles. The van der Waals surface area contributed by atoms with Crippen LogP contribution < -0.4 is 4.74 Å². The first kappa shape index (κ1) is 21.3. The van der Waals surface area contributed by atoms with E-state index in [9.17, 15) is 9.59 Å². The van der Waals surface area contributed by atoms with Crippen LogP contribution in [0.2, 0.25) is 0 Å². The fourth-order valence-corrected chi connectivity index (χ4v) is 3.90. The second-order valence-electron chi connectivity index (χ2n) is 7.44. The molecular formula is C26H25N3O3. The van der Waals surface area contributed by atoms with Crippen molar-refractivity contribution in [2.45, 2.75) is 20.0 Å². The molecule has 0 fully saturated rings. The van der Waals surface area contributed by atoms with E-state index in [0.717, 1.165) is 5.56 Å². The van der Waals surface area contributed by atoms with Gasteiger partial charge in [-0.15, -0.1) is 0 Å². The molecule has 0 atom stereocenters. The van der Waals surface area contributed by atoms with E-state index in [4.69, 9.17) is 4.74 Å². The predicted octanol–water partition coefficient (Wildman–Crippen LogP) is 3.89. The van der Waals surface area contributed by atoms with Gasteiger partial charge >= 0.3 is 0 Å². The number of methoxy groups -OCH3 is 1. The zero-order valence-electron chi connectivity index (χ0n) is 18.2. The summed E-state index contributed by atoms with van der Waals surface area (Å²) in [6.45, 7) is 3.18. The van der Waals surface area contributed by atoms with Crippen molar-refractivity contribution < 1.29 is 14.3 Å². The molecule has 6 nitrogen and oxygen atoms in total. The highest BCUT2D eigenvalue weighted by atomic mass is 16.5. The molecule has 0 radical (unpaired) electrons. The molecule has 4 rings (SSSR count). The number of pyridine rings is 1. The minimum Gasteiger partial charge on any atom is -0.496 e. The molecule has 2 amide bonds. The fourth-order valence-electron chi connectivity index (χ4n) is 3.90. The molecule has 2 heterocycles. The summed E-state index contributed by atoms with van der Waals surface area (Å²) in [6.07, 6.45) is 1.66. The topological polar surface area (TPSA) is 62.7 Å². The molecule has 0 saturated heterocycles. The third-order valence-corrected chi connectivity index (χ3v) is 5.48. The van der Waals surface area contributed by atoms with Gasteiger partial charge in [-0.05, 0) is 30.7 Å². The standard InChI is InChI=1S/C26H25N3O3/c1-3-28(17-19-11-5-4-6-12-19)24-23(21-14-7-8-15-22(21)32-2)25(30)29(26(24)31)18-20-13-9-10-16-27-20/h4-16H,3,17-18H2,1-2H3. The number of benzene rings is 2. The van der Waals surface area contributed by atoms with Crippen LogP contribution in [-0.4, -0.2) is 40.3 Å². The van der Waals surface area contributed by atoms with Gasteiger partial charge in [-0.1, -0.05) is 54.6 Å². The van der Waals surface area contributed by atoms with E-state index >= 15 is 0 Å². The van der Waals surface area contributed by atoms with Crippen LogP contribution in [0.5, 0.6) is 5.75 Å². The molecule has 0 spiro atoms. The number of imide groups is 1. The molecule has 1 aliphatic heterocycles. The van der Waals surface area contributed by atoms with E-state index in [0.29, 0.717) is 41.4 Å². The lowest BCUT2D eigenvalue weighted by Crippen LogP contribution is -2.35. The summed E-state index contributed by atoms with van der Waals surface area (Å²) < 4.78 is 5.53. The molecule has 0 unspecified atom stereocenters. The quantitative estimate of drug-likeness (QED) is 0.511. The van der Waals surface area contributed by atoms with Crippen molar-refractivity contribution in [1.82, 2.24) is 14.8 Å². The first-order valence-corrected chi connectivity index (χ1v) is 10.6. The molecule has 2 aromatic carbocycles. The Kier molecular flexibility index (Phi) is 6.31. The number of nitrogens with zero attached hydrogens (tertiary/aromatic N) is 3. The van der Waals surface area contributed by atoms with E-state index < -0.39 is 0 Å². The summed E-state index contributed by atoms with van der Waals surface area (Å²) in [4.78, 5) is 34.8. The molecule has 6 heteroatoms. The Morgan fingerprint density at radius 3 is 2.31 bits per heavy atom. The van der Waals surface area contributed by atoms with Crippen LogP contribution in [0.25, 0.3) is 5.57 Å². The lowest BCUT2D eigenvalue weighted by Gasteiger charge is -2.25. The normalized spacial score (nSPS) is 13.6. The predicted molar refractivity (Wildman–Crippen MR) is 122 cm³/mol. The molecular weight excluding hydrogens is 402 g/mol. The number of hydrogen-bond donors (Lipinski definition) is 0. The van der Waals surface area contributed by atoms with Crippen LogP contribution in [-0.2, 0) is 22.7 Å². The van der Waals surface area contributed by atoms with Gasteiger partial charge in [0.05, 0.1) is 24.9 Å². The van der Waals surface area contributed by atoms with Crippen molar-refractivity contribution in [3.05, 3.63) is 102 Å². The molecule has 1 aromatic heterocycles. The van der Waals surface area contributed by atoms with Gasteiger partial charge in [-0.3, -0.25) is 19.5 Å². The van der Waals surface area contributed by atoms with Crippen molar-refractivity contribution in [2.75, 3.05) is 13.7 Å². The Labute approximate surface area is 187 Å². The van der Waals surface area contributed by atoms with Crippen molar-refractivity contribution >= 4 is 17.4 Å². The molecule has 0 bridgehead atoms. The number of likely N-dealkylation sites (N-methyl/N-ethyl adjacent to an activating group) is 1. The van der Waals surface area contributed by atoms with Gasteiger partial charge in [0.1, 0.15) is 11.4 Å². The summed E-state index contributed by atoms with van der Waals surface area (Å²) in [5, 5.41) is 0. The lowest BCUT2D eigenvalue weighted by molar-refractivity contribution is -0.138. The highest BCUT2D eigenvalue weighted by Gasteiger charge is 2.42. The zero-order chi connectivity index (χ0) is 22.5. The minimum absolute atomic E-state index is 0.115. The van der Waals surface area contributed by atoms with Gasteiger partial charge in [-0.2, -0.15) is 0 Å². The van der Waals surface area contributed by atoms with Crippen molar-refractivity contribution in [3.63, 3.8) is 0 Å². The van der Waals surface area contributed by atoms with Gasteiger partial charge < -0.3 is 9.64 Å². The third-order valence-electron chi connectivity index (χ3n) is 5.48. The number of carbonyl (C=O) groups is 2. The number of ether oxygens (including phenoxy) is 1. The Morgan fingerprint density at radius 1 is 0.906 bits per heavy atom. The molecule has 3 aromatic rings. The molecule has 0 N–H and O–H groups in total. The average Bonchev–Trinajstić information content (AvgIpc) is 3.08. The number of rotatable bonds is 8. The maximum atomic E-state index is 13.6. The maximum Gasteiger partial charge on any atom is 0.278 e. The van der Waals surface area contributed by atoms with Gasteiger partial charge in [0.25, 0.3) is 11.8 Å². The number of hydrogen-bond acceptors (Lipinski definition) is 5. The molecule has 0 saturated carbocycles. The van der Waals surface area contributed by atoms with Crippen LogP contribution in [0, 0.1) is 0 Å². The second kappa shape index (κ2) is 9.47. The Morgan fingerprint density at radius 2 is 1.62 bits per heavy atom. The van der Waals surface area contributed by atoms with E-state index in [-0.39, 0.29) is 18.4 Å². The van der Waals surface area contributed by atoms with E-state index in [1.54, 1.807) is 25.4 Å². The van der Waals surface area contributed by atoms with Crippen LogP contribution >= 0.6 is 0 Å². The number of aromatic nitrogens is 1. The number of amides is 2. The zero-order valence-corrected chi connectivity index (χ0v) is 18.2. The summed E-state index contributed by atoms with van der Waals surface area (Å²) in [5.41, 5.74) is 3.08. The van der Waals surface area contributed by atoms with Gasteiger partial charge in [-0.25, -0.2) is 0 Å². The fraction of sp³-hybridized carbons (Fsp3) is 0.192. The van der Waals surface area contributed by atoms with Crippen molar-refractivity contribution in [2.24, 2.45) is 0 Å². The highest BCUT2D eigenvalue weighted by molar-refractivity contribution is 6.35. The molecule has 1 aliphatic rings. The lowest BCUT2D eigenvalue weighted by atomic mass is 10.0. The van der Waals surface area contributed by atoms with E-state index in [1.807, 2.05) is 72.5 Å². The number of para-hydroxylation sites is 1. The molecule has 162 valence electrons. The maximum absolute atomic E-state index is 13.6. The Bertz CT molecular complexity index is 1140. The van der Waals surface area contributed by atoms with E-state index in [2.05, 4.69) is 4.98 Å². The summed E-state index contributed by atoms with van der Waals surface area (Å²) >= 11 is 0. The summed E-state index contributed by atoms with van der Waals surface area (Å²) in [7, 11) is 1.56. The Balaban J connectivity index is 1.80. The highest BCUT2D eigenvalue weighted by Crippen LogP contribution is 2.37. The first-order valence-electron chi connectivity index (χ1n) is 10.6. The number of carbonyl (C=O) groups excluding carboxylic acids is 2. The minimum atomic E-state index is -0.341. The first-order chi connectivity index (χ1) is 15.6. The third kappa shape index (κ3) is 4.12. The van der Waals surface area contributed by atoms with Crippen LogP contribution in [0.1, 0.15) is 23.7 Å². The monoisotopic (exact) mass is 427 g/mol. The van der Waals surface area contributed by atoms with Crippen molar-refractivity contribution in [1.29, 1.82) is 0 Å². The second-order valence-corrected chi connectivity index (χ2v) is 7.44. The van der Waals surface area contributed by atoms with Crippen LogP contribution in [0.15, 0.2) is 84.7 Å². The summed E-state index contributed by atoms with van der Waals surface area (Å²) in [5.74, 6) is -0.109. The Hall–Kier alpha value is -3.93. The summed E-state index contributed by atoms with van der Waals surface area (Å²) in [6, 6.07) is 22.7. The SMILES string of the molecule is CCN(Cc1ccccc1)C1=C(c2ccccc2OC)C(=O)N(Cc2ccccn2)C1=O. The van der Waals surface area contributed by atoms with E-state index in [1.165, 1.54) is 4.90 Å². The van der Waals surface area contributed by atoms with Gasteiger partial charge in [0.15, 0.2) is 0 Å². The van der Waals surface area contributed by atoms with Crippen LogP contribution in [0.4, 0.5) is 0 Å². The van der Waals surface area contributed by atoms with Gasteiger partial charge in [0, 0.05) is 24.8 Å². The average molecular weight is 428 g/mol. The smallest absolute Gasteiger partial charge is 0.278 e. The van der Waals surface area contributed by atoms with Crippen LogP contribution in [0.3, 0.4) is 0 Å². The van der Waals surface area contributed by atoms with Crippen molar-refractivity contribution in [3.8, 4) is 5.75 Å². The largest absolute Gasteiger partial charge is 0.496 e. The van der Waals surface area contributed by atoms with Gasteiger partial charge in [0.2, 0.25) is 0 Å². The molecule has 32 heavy (non-hydrogen) atoms.